The van der Waals surface area contributed by atoms with Gasteiger partial charge in [-0.15, -0.1) is 0 Å². The normalized spacial score (nSPS) is 13.1. The first kappa shape index (κ1) is 19.4. The van der Waals surface area contributed by atoms with Gasteiger partial charge < -0.3 is 0 Å². The van der Waals surface area contributed by atoms with Crippen molar-refractivity contribution in [1.82, 2.24) is 4.72 Å². The van der Waals surface area contributed by atoms with Crippen LogP contribution in [-0.2, 0) is 10.0 Å². The SMILES string of the molecule is CCCCCCCNS(=O)(=O)C(C#N)CCCCCC. The molecular weight excluding hydrogens is 272 g/mol. The van der Waals surface area contributed by atoms with E-state index in [0.29, 0.717) is 13.0 Å². The van der Waals surface area contributed by atoms with Crippen molar-refractivity contribution in [3.05, 3.63) is 0 Å². The van der Waals surface area contributed by atoms with E-state index in [4.69, 9.17) is 5.26 Å². The minimum absolute atomic E-state index is 0.446. The van der Waals surface area contributed by atoms with Gasteiger partial charge in [-0.1, -0.05) is 65.2 Å². The van der Waals surface area contributed by atoms with Crippen LogP contribution in [-0.4, -0.2) is 20.2 Å². The predicted octanol–water partition coefficient (Wildman–Crippen LogP) is 3.74. The molecule has 0 amide bonds. The maximum atomic E-state index is 12.0. The van der Waals surface area contributed by atoms with Gasteiger partial charge in [-0.25, -0.2) is 13.1 Å². The number of nitrogens with zero attached hydrogens (tertiary/aromatic N) is 1. The molecule has 0 heterocycles. The van der Waals surface area contributed by atoms with E-state index >= 15 is 0 Å². The molecule has 0 aliphatic carbocycles. The van der Waals surface area contributed by atoms with Gasteiger partial charge in [0, 0.05) is 6.54 Å². The smallest absolute Gasteiger partial charge is 0.214 e. The highest BCUT2D eigenvalue weighted by Gasteiger charge is 2.23. The number of rotatable bonds is 13. The first-order chi connectivity index (χ1) is 9.58. The Kier molecular flexibility index (Phi) is 11.8. The second-order valence-corrected chi connectivity index (χ2v) is 7.27. The summed E-state index contributed by atoms with van der Waals surface area (Å²) in [5.74, 6) is 0. The molecule has 0 saturated heterocycles. The summed E-state index contributed by atoms with van der Waals surface area (Å²) in [6, 6.07) is 1.93. The lowest BCUT2D eigenvalue weighted by atomic mass is 10.1. The Labute approximate surface area is 125 Å². The quantitative estimate of drug-likeness (QED) is 0.527. The zero-order valence-electron chi connectivity index (χ0n) is 13.0. The fourth-order valence-electron chi connectivity index (χ4n) is 2.09. The highest BCUT2D eigenvalue weighted by atomic mass is 32.2. The summed E-state index contributed by atoms with van der Waals surface area (Å²) in [4.78, 5) is 0. The maximum absolute atomic E-state index is 12.0. The fraction of sp³-hybridized carbons (Fsp3) is 0.933. The predicted molar refractivity (Wildman–Crippen MR) is 83.8 cm³/mol. The number of hydrogen-bond acceptors (Lipinski definition) is 3. The molecule has 0 bridgehead atoms. The Morgan fingerprint density at radius 1 is 0.950 bits per heavy atom. The Bertz CT molecular complexity index is 361. The van der Waals surface area contributed by atoms with Crippen molar-refractivity contribution in [2.24, 2.45) is 0 Å². The average molecular weight is 302 g/mol. The highest BCUT2D eigenvalue weighted by Crippen LogP contribution is 2.11. The monoisotopic (exact) mass is 302 g/mol. The van der Waals surface area contributed by atoms with Crippen molar-refractivity contribution in [3.63, 3.8) is 0 Å². The molecule has 0 aromatic rings. The molecular formula is C15H30N2O2S. The molecule has 4 nitrogen and oxygen atoms in total. The summed E-state index contributed by atoms with van der Waals surface area (Å²) in [7, 11) is -3.46. The topological polar surface area (TPSA) is 70.0 Å². The Hall–Kier alpha value is -0.600. The minimum Gasteiger partial charge on any atom is -0.214 e. The maximum Gasteiger partial charge on any atom is 0.227 e. The number of nitrogens with one attached hydrogen (secondary N) is 1. The molecule has 0 fully saturated rings. The average Bonchev–Trinajstić information content (AvgIpc) is 2.42. The van der Waals surface area contributed by atoms with Gasteiger partial charge >= 0.3 is 0 Å². The van der Waals surface area contributed by atoms with Crippen molar-refractivity contribution in [2.75, 3.05) is 6.54 Å². The zero-order valence-corrected chi connectivity index (χ0v) is 13.8. The van der Waals surface area contributed by atoms with Crippen molar-refractivity contribution in [2.45, 2.75) is 83.3 Å². The van der Waals surface area contributed by atoms with Crippen LogP contribution in [0.25, 0.3) is 0 Å². The molecule has 0 radical (unpaired) electrons. The van der Waals surface area contributed by atoms with E-state index in [1.54, 1.807) is 0 Å². The van der Waals surface area contributed by atoms with E-state index in [9.17, 15) is 8.42 Å². The highest BCUT2D eigenvalue weighted by molar-refractivity contribution is 7.90. The summed E-state index contributed by atoms with van der Waals surface area (Å²) in [5, 5.41) is 8.13. The molecule has 20 heavy (non-hydrogen) atoms. The molecule has 1 atom stereocenters. The van der Waals surface area contributed by atoms with E-state index < -0.39 is 15.3 Å². The Morgan fingerprint density at radius 3 is 2.05 bits per heavy atom. The first-order valence-corrected chi connectivity index (χ1v) is 9.51. The lowest BCUT2D eigenvalue weighted by Gasteiger charge is -2.11. The lowest BCUT2D eigenvalue weighted by Crippen LogP contribution is -2.34. The fourth-order valence-corrected chi connectivity index (χ4v) is 3.33. The van der Waals surface area contributed by atoms with E-state index in [0.717, 1.165) is 44.9 Å². The lowest BCUT2D eigenvalue weighted by molar-refractivity contribution is 0.553. The van der Waals surface area contributed by atoms with E-state index in [1.807, 2.05) is 6.07 Å². The molecule has 0 aromatic carbocycles. The molecule has 1 N–H and O–H groups in total. The van der Waals surface area contributed by atoms with Crippen LogP contribution in [0.1, 0.15) is 78.1 Å². The third kappa shape index (κ3) is 9.33. The van der Waals surface area contributed by atoms with Gasteiger partial charge in [-0.3, -0.25) is 0 Å². The van der Waals surface area contributed by atoms with Gasteiger partial charge in [0.1, 0.15) is 0 Å². The van der Waals surface area contributed by atoms with Gasteiger partial charge in [0.05, 0.1) is 6.07 Å². The van der Waals surface area contributed by atoms with Crippen LogP contribution in [0.3, 0.4) is 0 Å². The number of nitriles is 1. The van der Waals surface area contributed by atoms with E-state index in [-0.39, 0.29) is 0 Å². The van der Waals surface area contributed by atoms with Crippen molar-refractivity contribution in [3.8, 4) is 6.07 Å². The summed E-state index contributed by atoms with van der Waals surface area (Å²) in [6.07, 6.45) is 9.90. The molecule has 0 aliphatic heterocycles. The summed E-state index contributed by atoms with van der Waals surface area (Å²) in [5.41, 5.74) is 0. The standard InChI is InChI=1S/C15H30N2O2S/c1-3-5-7-9-11-13-17-20(18,19)15(14-16)12-10-8-6-4-2/h15,17H,3-13H2,1-2H3. The van der Waals surface area contributed by atoms with E-state index in [1.165, 1.54) is 12.8 Å². The summed E-state index contributed by atoms with van der Waals surface area (Å²) in [6.45, 7) is 4.72. The van der Waals surface area contributed by atoms with Gasteiger partial charge in [-0.2, -0.15) is 5.26 Å². The van der Waals surface area contributed by atoms with Crippen molar-refractivity contribution >= 4 is 10.0 Å². The van der Waals surface area contributed by atoms with Gasteiger partial charge in [0.2, 0.25) is 10.0 Å². The van der Waals surface area contributed by atoms with Crippen LogP contribution >= 0.6 is 0 Å². The van der Waals surface area contributed by atoms with Gasteiger partial charge in [-0.05, 0) is 12.8 Å². The molecule has 0 saturated carbocycles. The number of sulfonamides is 1. The van der Waals surface area contributed by atoms with Crippen LogP contribution in [0.2, 0.25) is 0 Å². The largest absolute Gasteiger partial charge is 0.227 e. The second kappa shape index (κ2) is 12.2. The molecule has 0 spiro atoms. The molecule has 1 unspecified atom stereocenters. The molecule has 0 aromatic heterocycles. The van der Waals surface area contributed by atoms with Crippen molar-refractivity contribution < 1.29 is 8.42 Å². The Balaban J connectivity index is 3.95. The van der Waals surface area contributed by atoms with Gasteiger partial charge in [0.15, 0.2) is 5.25 Å². The van der Waals surface area contributed by atoms with Crippen LogP contribution in [0.5, 0.6) is 0 Å². The van der Waals surface area contributed by atoms with Gasteiger partial charge in [0.25, 0.3) is 0 Å². The first-order valence-electron chi connectivity index (χ1n) is 7.96. The molecule has 5 heteroatoms. The summed E-state index contributed by atoms with van der Waals surface area (Å²) < 4.78 is 26.5. The minimum atomic E-state index is -3.46. The zero-order chi connectivity index (χ0) is 15.3. The third-order valence-corrected chi connectivity index (χ3v) is 5.12. The molecule has 118 valence electrons. The van der Waals surface area contributed by atoms with Crippen LogP contribution < -0.4 is 4.72 Å². The number of unbranched alkanes of at least 4 members (excludes halogenated alkanes) is 7. The second-order valence-electron chi connectivity index (χ2n) is 5.32. The van der Waals surface area contributed by atoms with E-state index in [2.05, 4.69) is 18.6 Å². The molecule has 0 rings (SSSR count). The summed E-state index contributed by atoms with van der Waals surface area (Å²) >= 11 is 0. The van der Waals surface area contributed by atoms with Crippen LogP contribution in [0, 0.1) is 11.3 Å². The van der Waals surface area contributed by atoms with Crippen molar-refractivity contribution in [1.29, 1.82) is 5.26 Å². The third-order valence-electron chi connectivity index (χ3n) is 3.42. The Morgan fingerprint density at radius 2 is 1.50 bits per heavy atom. The molecule has 0 aliphatic rings. The number of hydrogen-bond donors (Lipinski definition) is 1. The van der Waals surface area contributed by atoms with Crippen LogP contribution in [0.15, 0.2) is 0 Å². The van der Waals surface area contributed by atoms with Crippen LogP contribution in [0.4, 0.5) is 0 Å².